The Kier molecular flexibility index (Phi) is 4.65. The fourth-order valence-corrected chi connectivity index (χ4v) is 3.06. The minimum Gasteiger partial charge on any atom is -0.366 e. The molecule has 1 aliphatic rings. The number of nitrogens with one attached hydrogen (secondary N) is 1. The zero-order valence-electron chi connectivity index (χ0n) is 9.63. The highest BCUT2D eigenvalue weighted by Gasteiger charge is 2.24. The third-order valence-electron chi connectivity index (χ3n) is 3.34. The molecule has 3 N–H and O–H groups in total. The van der Waals surface area contributed by atoms with Gasteiger partial charge in [0.05, 0.1) is 5.02 Å². The van der Waals surface area contributed by atoms with Crippen molar-refractivity contribution in [3.8, 4) is 0 Å². The molecule has 2 rings (SSSR count). The Balaban J connectivity index is 2.08. The lowest BCUT2D eigenvalue weighted by molar-refractivity contribution is 0.332. The summed E-state index contributed by atoms with van der Waals surface area (Å²) in [5, 5.41) is 4.09. The maximum absolute atomic E-state index is 6.15. The predicted octanol–water partition coefficient (Wildman–Crippen LogP) is 3.43. The van der Waals surface area contributed by atoms with Gasteiger partial charge in [-0.2, -0.15) is 0 Å². The molecule has 3 nitrogen and oxygen atoms in total. The van der Waals surface area contributed by atoms with E-state index in [4.69, 9.17) is 17.3 Å². The number of rotatable bonds is 3. The number of hydrogen-bond donors (Lipinski definition) is 2. The molecule has 94 valence electrons. The van der Waals surface area contributed by atoms with Gasteiger partial charge >= 0.3 is 0 Å². The monoisotopic (exact) mass is 317 g/mol. The van der Waals surface area contributed by atoms with Crippen LogP contribution in [0.15, 0.2) is 16.7 Å². The molecule has 1 heterocycles. The molecule has 0 bridgehead atoms. The number of hydrogen-bond acceptors (Lipinski definition) is 3. The maximum atomic E-state index is 6.15. The average molecular weight is 319 g/mol. The van der Waals surface area contributed by atoms with Gasteiger partial charge in [-0.15, -0.1) is 0 Å². The molecular weight excluding hydrogens is 302 g/mol. The number of halogens is 2. The highest BCUT2D eigenvalue weighted by atomic mass is 79.9. The molecule has 1 fully saturated rings. The van der Waals surface area contributed by atoms with Gasteiger partial charge in [0.2, 0.25) is 0 Å². The zero-order valence-corrected chi connectivity index (χ0v) is 12.0. The predicted molar refractivity (Wildman–Crippen MR) is 75.4 cm³/mol. The summed E-state index contributed by atoms with van der Waals surface area (Å²) in [4.78, 5) is 4.31. The van der Waals surface area contributed by atoms with Gasteiger partial charge in [0.15, 0.2) is 0 Å². The van der Waals surface area contributed by atoms with Crippen LogP contribution in [0.2, 0.25) is 5.02 Å². The van der Waals surface area contributed by atoms with E-state index in [1.807, 2.05) is 6.07 Å². The van der Waals surface area contributed by atoms with Gasteiger partial charge in [-0.3, -0.25) is 0 Å². The van der Waals surface area contributed by atoms with E-state index < -0.39 is 0 Å². The van der Waals surface area contributed by atoms with Crippen molar-refractivity contribution in [2.75, 3.05) is 11.9 Å². The van der Waals surface area contributed by atoms with E-state index in [1.165, 1.54) is 19.3 Å². The van der Waals surface area contributed by atoms with Crippen LogP contribution in [0.25, 0.3) is 0 Å². The molecule has 0 saturated heterocycles. The van der Waals surface area contributed by atoms with E-state index in [0.717, 1.165) is 23.3 Å². The minimum atomic E-state index is 0.403. The second kappa shape index (κ2) is 6.03. The number of anilines is 1. The lowest BCUT2D eigenvalue weighted by Crippen LogP contribution is -2.37. The minimum absolute atomic E-state index is 0.403. The first-order chi connectivity index (χ1) is 8.20. The Labute approximate surface area is 115 Å². The summed E-state index contributed by atoms with van der Waals surface area (Å²) in [6, 6.07) is 2.26. The van der Waals surface area contributed by atoms with Gasteiger partial charge in [0, 0.05) is 16.7 Å². The first-order valence-corrected chi connectivity index (χ1v) is 7.15. The second-order valence-corrected chi connectivity index (χ2v) is 5.84. The van der Waals surface area contributed by atoms with E-state index in [-0.39, 0.29) is 0 Å². The van der Waals surface area contributed by atoms with Crippen LogP contribution in [0.4, 0.5) is 5.82 Å². The lowest BCUT2D eigenvalue weighted by atomic mass is 9.84. The zero-order chi connectivity index (χ0) is 12.3. The summed E-state index contributed by atoms with van der Waals surface area (Å²) in [5.74, 6) is 1.30. The van der Waals surface area contributed by atoms with Gasteiger partial charge in [-0.25, -0.2) is 4.98 Å². The molecular formula is C12H17BrClN3. The summed E-state index contributed by atoms with van der Waals surface area (Å²) in [6.07, 6.45) is 6.64. The van der Waals surface area contributed by atoms with E-state index in [9.17, 15) is 0 Å². The van der Waals surface area contributed by atoms with Crippen molar-refractivity contribution in [2.24, 2.45) is 11.7 Å². The average Bonchev–Trinajstić information content (AvgIpc) is 2.33. The fourth-order valence-electron chi connectivity index (χ4n) is 2.38. The third kappa shape index (κ3) is 3.33. The molecule has 17 heavy (non-hydrogen) atoms. The van der Waals surface area contributed by atoms with E-state index >= 15 is 0 Å². The number of nitrogens with zero attached hydrogens (tertiary/aromatic N) is 1. The largest absolute Gasteiger partial charge is 0.366 e. The normalized spacial score (nSPS) is 24.6. The SMILES string of the molecule is NCC1CCCCC1Nc1ncc(Br)cc1Cl. The lowest BCUT2D eigenvalue weighted by Gasteiger charge is -2.31. The van der Waals surface area contributed by atoms with E-state index in [2.05, 4.69) is 26.2 Å². The molecule has 0 aromatic carbocycles. The molecule has 0 aliphatic heterocycles. The Bertz CT molecular complexity index is 386. The quantitative estimate of drug-likeness (QED) is 0.898. The van der Waals surface area contributed by atoms with Gasteiger partial charge in [0.1, 0.15) is 5.82 Å². The molecule has 2 atom stereocenters. The first-order valence-electron chi connectivity index (χ1n) is 5.98. The highest BCUT2D eigenvalue weighted by molar-refractivity contribution is 9.10. The van der Waals surface area contributed by atoms with Crippen LogP contribution in [0.3, 0.4) is 0 Å². The summed E-state index contributed by atoms with van der Waals surface area (Å²) >= 11 is 9.51. The van der Waals surface area contributed by atoms with Crippen molar-refractivity contribution in [2.45, 2.75) is 31.7 Å². The van der Waals surface area contributed by atoms with Crippen LogP contribution >= 0.6 is 27.5 Å². The van der Waals surface area contributed by atoms with Crippen molar-refractivity contribution in [3.05, 3.63) is 21.8 Å². The summed E-state index contributed by atoms with van der Waals surface area (Å²) < 4.78 is 0.895. The van der Waals surface area contributed by atoms with Crippen LogP contribution < -0.4 is 11.1 Å². The van der Waals surface area contributed by atoms with Crippen LogP contribution in [0, 0.1) is 5.92 Å². The third-order valence-corrected chi connectivity index (χ3v) is 4.06. The molecule has 0 amide bonds. The van der Waals surface area contributed by atoms with Gasteiger partial charge < -0.3 is 11.1 Å². The maximum Gasteiger partial charge on any atom is 0.145 e. The van der Waals surface area contributed by atoms with E-state index in [0.29, 0.717) is 17.0 Å². The van der Waals surface area contributed by atoms with Crippen LogP contribution in [0.5, 0.6) is 0 Å². The Hall–Kier alpha value is -0.320. The second-order valence-electron chi connectivity index (χ2n) is 4.52. The molecule has 2 unspecified atom stereocenters. The number of nitrogens with two attached hydrogens (primary N) is 1. The van der Waals surface area contributed by atoms with Crippen molar-refractivity contribution in [1.29, 1.82) is 0 Å². The van der Waals surface area contributed by atoms with Crippen molar-refractivity contribution < 1.29 is 0 Å². The highest BCUT2D eigenvalue weighted by Crippen LogP contribution is 2.29. The number of pyridine rings is 1. The smallest absolute Gasteiger partial charge is 0.145 e. The Morgan fingerprint density at radius 1 is 1.47 bits per heavy atom. The fraction of sp³-hybridized carbons (Fsp3) is 0.583. The Morgan fingerprint density at radius 2 is 2.24 bits per heavy atom. The van der Waals surface area contributed by atoms with Crippen LogP contribution in [-0.2, 0) is 0 Å². The molecule has 1 aromatic rings. The standard InChI is InChI=1S/C12H17BrClN3/c13-9-5-10(14)12(16-7-9)17-11-4-2-1-3-8(11)6-15/h5,7-8,11H,1-4,6,15H2,(H,16,17). The molecule has 5 heteroatoms. The van der Waals surface area contributed by atoms with Gasteiger partial charge in [0.25, 0.3) is 0 Å². The molecule has 1 aromatic heterocycles. The summed E-state index contributed by atoms with van der Waals surface area (Å²) in [6.45, 7) is 0.728. The van der Waals surface area contributed by atoms with Gasteiger partial charge in [-0.1, -0.05) is 24.4 Å². The summed E-state index contributed by atoms with van der Waals surface area (Å²) in [7, 11) is 0. The van der Waals surface area contributed by atoms with Crippen LogP contribution in [0.1, 0.15) is 25.7 Å². The van der Waals surface area contributed by atoms with E-state index in [1.54, 1.807) is 6.20 Å². The molecule has 0 radical (unpaired) electrons. The number of aromatic nitrogens is 1. The molecule has 1 saturated carbocycles. The summed E-state index contributed by atoms with van der Waals surface area (Å²) in [5.41, 5.74) is 5.81. The van der Waals surface area contributed by atoms with Crippen molar-refractivity contribution in [1.82, 2.24) is 4.98 Å². The van der Waals surface area contributed by atoms with Crippen molar-refractivity contribution in [3.63, 3.8) is 0 Å². The molecule has 0 spiro atoms. The Morgan fingerprint density at radius 3 is 2.94 bits per heavy atom. The topological polar surface area (TPSA) is 50.9 Å². The van der Waals surface area contributed by atoms with Crippen LogP contribution in [-0.4, -0.2) is 17.6 Å². The van der Waals surface area contributed by atoms with Crippen molar-refractivity contribution >= 4 is 33.3 Å². The van der Waals surface area contributed by atoms with Gasteiger partial charge in [-0.05, 0) is 47.3 Å². The molecule has 1 aliphatic carbocycles. The first kappa shape index (κ1) is 13.1.